The van der Waals surface area contributed by atoms with E-state index in [1.165, 1.54) is 12.0 Å². The summed E-state index contributed by atoms with van der Waals surface area (Å²) in [6.45, 7) is 7.02. The second kappa shape index (κ2) is 6.80. The van der Waals surface area contributed by atoms with Crippen molar-refractivity contribution in [2.75, 3.05) is 20.2 Å². The van der Waals surface area contributed by atoms with Gasteiger partial charge in [-0.3, -0.25) is 19.3 Å². The smallest absolute Gasteiger partial charge is 0.322 e. The van der Waals surface area contributed by atoms with Gasteiger partial charge in [0.2, 0.25) is 11.8 Å². The lowest BCUT2D eigenvalue weighted by Gasteiger charge is -2.42. The van der Waals surface area contributed by atoms with Crippen LogP contribution in [0.3, 0.4) is 0 Å². The summed E-state index contributed by atoms with van der Waals surface area (Å²) in [5.41, 5.74) is 4.77. The summed E-state index contributed by atoms with van der Waals surface area (Å²) in [6.07, 6.45) is 2.27. The van der Waals surface area contributed by atoms with Crippen LogP contribution in [-0.2, 0) is 19.1 Å². The van der Waals surface area contributed by atoms with Crippen LogP contribution in [0.5, 0.6) is 0 Å². The van der Waals surface area contributed by atoms with E-state index in [9.17, 15) is 14.4 Å². The lowest BCUT2D eigenvalue weighted by molar-refractivity contribution is -0.155. The molecule has 1 spiro atoms. The van der Waals surface area contributed by atoms with Gasteiger partial charge in [-0.05, 0) is 38.8 Å². The molecule has 0 unspecified atom stereocenters. The number of likely N-dealkylation sites (tertiary alicyclic amines) is 1. The molecule has 2 aliphatic heterocycles. The molecule has 0 aromatic heterocycles. The third kappa shape index (κ3) is 3.47. The first-order valence-electron chi connectivity index (χ1n) is 8.55. The highest BCUT2D eigenvalue weighted by Crippen LogP contribution is 2.44. The average molecular weight is 339 g/mol. The summed E-state index contributed by atoms with van der Waals surface area (Å²) >= 11 is 0. The Balaban J connectivity index is 2.27. The van der Waals surface area contributed by atoms with E-state index >= 15 is 0 Å². The lowest BCUT2D eigenvalue weighted by atomic mass is 9.81. The minimum absolute atomic E-state index is 0.150. The molecular formula is C17H29N3O4. The quantitative estimate of drug-likeness (QED) is 0.723. The average Bonchev–Trinajstić information content (AvgIpc) is 2.77. The molecule has 2 aliphatic rings. The van der Waals surface area contributed by atoms with Crippen molar-refractivity contribution in [1.29, 1.82) is 0 Å². The van der Waals surface area contributed by atoms with E-state index in [1.807, 2.05) is 20.8 Å². The molecule has 0 bridgehead atoms. The van der Waals surface area contributed by atoms with Crippen molar-refractivity contribution in [3.05, 3.63) is 0 Å². The van der Waals surface area contributed by atoms with Crippen LogP contribution in [0.15, 0.2) is 0 Å². The molecule has 7 nitrogen and oxygen atoms in total. The van der Waals surface area contributed by atoms with Crippen LogP contribution in [0.25, 0.3) is 0 Å². The van der Waals surface area contributed by atoms with Gasteiger partial charge in [0.25, 0.3) is 0 Å². The van der Waals surface area contributed by atoms with E-state index in [0.717, 1.165) is 25.9 Å². The van der Waals surface area contributed by atoms with Crippen LogP contribution in [-0.4, -0.2) is 54.5 Å². The predicted molar refractivity (Wildman–Crippen MR) is 88.9 cm³/mol. The van der Waals surface area contributed by atoms with Gasteiger partial charge in [-0.2, -0.15) is 0 Å². The van der Waals surface area contributed by atoms with E-state index in [-0.39, 0.29) is 18.2 Å². The highest BCUT2D eigenvalue weighted by Gasteiger charge is 2.55. The Morgan fingerprint density at radius 3 is 2.46 bits per heavy atom. The van der Waals surface area contributed by atoms with Crippen LogP contribution in [0.4, 0.5) is 0 Å². The van der Waals surface area contributed by atoms with Gasteiger partial charge in [-0.1, -0.05) is 20.8 Å². The Hall–Kier alpha value is -1.47. The number of nitrogens with zero attached hydrogens (tertiary/aromatic N) is 1. The zero-order valence-corrected chi connectivity index (χ0v) is 15.1. The number of nitrogens with two attached hydrogens (primary N) is 1. The van der Waals surface area contributed by atoms with Crippen LogP contribution < -0.4 is 11.1 Å². The van der Waals surface area contributed by atoms with Crippen LogP contribution >= 0.6 is 0 Å². The molecule has 7 heteroatoms. The van der Waals surface area contributed by atoms with E-state index in [1.54, 1.807) is 0 Å². The van der Waals surface area contributed by atoms with Crippen molar-refractivity contribution in [1.82, 2.24) is 10.2 Å². The highest BCUT2D eigenvalue weighted by molar-refractivity contribution is 6.01. The summed E-state index contributed by atoms with van der Waals surface area (Å²) < 4.78 is 4.66. The van der Waals surface area contributed by atoms with Gasteiger partial charge in [-0.25, -0.2) is 0 Å². The monoisotopic (exact) mass is 339 g/mol. The first kappa shape index (κ1) is 18.9. The molecule has 24 heavy (non-hydrogen) atoms. The fraction of sp³-hybridized carbons (Fsp3) is 0.824. The molecule has 2 saturated heterocycles. The number of esters is 1. The zero-order valence-electron chi connectivity index (χ0n) is 15.1. The Kier molecular flexibility index (Phi) is 5.34. The summed E-state index contributed by atoms with van der Waals surface area (Å²) in [6, 6.07) is -0.840. The number of amides is 2. The van der Waals surface area contributed by atoms with Gasteiger partial charge in [0.1, 0.15) is 6.04 Å². The molecule has 2 fully saturated rings. The number of piperidine rings is 1. The molecule has 2 rings (SSSR count). The van der Waals surface area contributed by atoms with Gasteiger partial charge < -0.3 is 15.8 Å². The molecule has 0 aromatic rings. The summed E-state index contributed by atoms with van der Waals surface area (Å²) in [5, 5.41) is 3.28. The van der Waals surface area contributed by atoms with Crippen molar-refractivity contribution in [3.63, 3.8) is 0 Å². The normalized spacial score (nSPS) is 25.0. The largest absolute Gasteiger partial charge is 0.468 e. The van der Waals surface area contributed by atoms with Gasteiger partial charge in [-0.15, -0.1) is 0 Å². The van der Waals surface area contributed by atoms with Crippen LogP contribution in [0.1, 0.15) is 46.5 Å². The standard InChI is InChI=1S/C17H29N3O4/c1-16(2,3)15(23)20-13(21)11(9-12(18)14(22)24-4)10-17(20)5-7-19-8-6-17/h11-12,19H,5-10,18H2,1-4H3/t11-,12-/m0/s1. The zero-order chi connectivity index (χ0) is 18.1. The van der Waals surface area contributed by atoms with Crippen molar-refractivity contribution >= 4 is 17.8 Å². The summed E-state index contributed by atoms with van der Waals surface area (Å²) in [7, 11) is 1.28. The Bertz CT molecular complexity index is 520. The maximum absolute atomic E-state index is 13.0. The van der Waals surface area contributed by atoms with Crippen LogP contribution in [0, 0.1) is 11.3 Å². The minimum Gasteiger partial charge on any atom is -0.468 e. The van der Waals surface area contributed by atoms with Gasteiger partial charge in [0, 0.05) is 11.3 Å². The first-order valence-corrected chi connectivity index (χ1v) is 8.55. The molecule has 0 aliphatic carbocycles. The number of carbonyl (C=O) groups excluding carboxylic acids is 3. The van der Waals surface area contributed by atoms with Crippen molar-refractivity contribution in [2.24, 2.45) is 17.1 Å². The number of carbonyl (C=O) groups is 3. The number of rotatable bonds is 3. The third-order valence-electron chi connectivity index (χ3n) is 5.09. The molecule has 0 radical (unpaired) electrons. The second-order valence-corrected chi connectivity index (χ2v) is 7.97. The Morgan fingerprint density at radius 2 is 1.96 bits per heavy atom. The highest BCUT2D eigenvalue weighted by atomic mass is 16.5. The van der Waals surface area contributed by atoms with Gasteiger partial charge in [0.05, 0.1) is 12.6 Å². The van der Waals surface area contributed by atoms with E-state index < -0.39 is 28.9 Å². The van der Waals surface area contributed by atoms with Gasteiger partial charge >= 0.3 is 5.97 Å². The Labute approximate surface area is 143 Å². The van der Waals surface area contributed by atoms with Crippen molar-refractivity contribution in [3.8, 4) is 0 Å². The molecule has 136 valence electrons. The van der Waals surface area contributed by atoms with E-state index in [4.69, 9.17) is 5.73 Å². The SMILES string of the molecule is COC(=O)[C@@H](N)C[C@H]1CC2(CCNCC2)N(C(=O)C(C)(C)C)C1=O. The minimum atomic E-state index is -0.840. The van der Waals surface area contributed by atoms with E-state index in [2.05, 4.69) is 10.1 Å². The third-order valence-corrected chi connectivity index (χ3v) is 5.09. The number of hydrogen-bond donors (Lipinski definition) is 2. The fourth-order valence-electron chi connectivity index (χ4n) is 3.76. The van der Waals surface area contributed by atoms with Crippen molar-refractivity contribution < 1.29 is 19.1 Å². The van der Waals surface area contributed by atoms with Crippen molar-refractivity contribution in [2.45, 2.75) is 58.0 Å². The molecule has 3 N–H and O–H groups in total. The molecule has 2 atom stereocenters. The number of nitrogens with one attached hydrogen (secondary N) is 1. The number of ether oxygens (including phenoxy) is 1. The summed E-state index contributed by atoms with van der Waals surface area (Å²) in [4.78, 5) is 39.0. The Morgan fingerprint density at radius 1 is 1.38 bits per heavy atom. The summed E-state index contributed by atoms with van der Waals surface area (Å²) in [5.74, 6) is -1.29. The molecular weight excluding hydrogens is 310 g/mol. The maximum atomic E-state index is 13.0. The van der Waals surface area contributed by atoms with Crippen LogP contribution in [0.2, 0.25) is 0 Å². The second-order valence-electron chi connectivity index (χ2n) is 7.97. The van der Waals surface area contributed by atoms with E-state index in [0.29, 0.717) is 6.42 Å². The van der Waals surface area contributed by atoms with Gasteiger partial charge in [0.15, 0.2) is 0 Å². The topological polar surface area (TPSA) is 102 Å². The maximum Gasteiger partial charge on any atom is 0.322 e. The number of hydrogen-bond acceptors (Lipinski definition) is 6. The number of imide groups is 1. The number of methoxy groups -OCH3 is 1. The predicted octanol–water partition coefficient (Wildman–Crippen LogP) is 0.420. The molecule has 2 heterocycles. The lowest BCUT2D eigenvalue weighted by Crippen LogP contribution is -2.57. The molecule has 0 saturated carbocycles. The molecule has 2 amide bonds. The fourth-order valence-corrected chi connectivity index (χ4v) is 3.76. The first-order chi connectivity index (χ1) is 11.1. The molecule has 0 aromatic carbocycles.